The third kappa shape index (κ3) is 2.25. The van der Waals surface area contributed by atoms with Gasteiger partial charge in [0, 0.05) is 6.42 Å². The molecular formula is C14H20N2O8. The molecule has 4 aliphatic heterocycles. The number of hydrogen-bond donors (Lipinski definition) is 4. The molecule has 134 valence electrons. The van der Waals surface area contributed by atoms with E-state index < -0.39 is 46.5 Å². The molecule has 0 radical (unpaired) electrons. The van der Waals surface area contributed by atoms with Crippen molar-refractivity contribution in [2.75, 3.05) is 13.2 Å². The lowest BCUT2D eigenvalue weighted by atomic mass is 9.85. The molecule has 0 saturated carbocycles. The molecule has 10 nitrogen and oxygen atoms in total. The van der Waals surface area contributed by atoms with Crippen molar-refractivity contribution in [2.24, 2.45) is 0 Å². The number of fused-ring (bicyclic) bond motifs is 5. The monoisotopic (exact) mass is 344 g/mol. The first kappa shape index (κ1) is 17.2. The van der Waals surface area contributed by atoms with Crippen LogP contribution in [-0.2, 0) is 28.6 Å². The first-order chi connectivity index (χ1) is 11.0. The number of amides is 2. The van der Waals surface area contributed by atoms with Crippen LogP contribution in [0.4, 0.5) is 0 Å². The molecule has 10 heteroatoms. The number of nitrogens with one attached hydrogen (secondary N) is 2. The quantitative estimate of drug-likeness (QED) is 0.403. The van der Waals surface area contributed by atoms with Crippen molar-refractivity contribution in [3.05, 3.63) is 0 Å². The summed E-state index contributed by atoms with van der Waals surface area (Å²) in [6, 6.07) is 0. The third-order valence-electron chi connectivity index (χ3n) is 4.47. The summed E-state index contributed by atoms with van der Waals surface area (Å²) in [4.78, 5) is 36.6. The number of hydrogen-bond acceptors (Lipinski definition) is 8. The van der Waals surface area contributed by atoms with E-state index in [2.05, 4.69) is 5.32 Å². The van der Waals surface area contributed by atoms with Crippen LogP contribution in [0, 0.1) is 0 Å². The molecule has 4 aliphatic rings. The number of ether oxygens (including phenoxy) is 3. The zero-order valence-electron chi connectivity index (χ0n) is 13.5. The van der Waals surface area contributed by atoms with Gasteiger partial charge in [-0.15, -0.1) is 0 Å². The maximum atomic E-state index is 12.5. The second-order valence-corrected chi connectivity index (χ2v) is 6.88. The Balaban J connectivity index is 1.98. The van der Waals surface area contributed by atoms with Crippen LogP contribution in [-0.4, -0.2) is 70.0 Å². The van der Waals surface area contributed by atoms with Crippen molar-refractivity contribution in [1.29, 1.82) is 0 Å². The van der Waals surface area contributed by atoms with Crippen LogP contribution in [0.2, 0.25) is 0 Å². The molecule has 4 N–H and O–H groups in total. The molecule has 0 aromatic heterocycles. The zero-order valence-corrected chi connectivity index (χ0v) is 13.5. The highest BCUT2D eigenvalue weighted by Gasteiger charge is 2.66. The van der Waals surface area contributed by atoms with E-state index in [4.69, 9.17) is 14.2 Å². The SMILES string of the molecule is CC1(C)OC[C@@](C)([C@H](O)[C@@]23NC(=O)[C@@](O)(NC2=O)C(=O)CCO3)O1. The van der Waals surface area contributed by atoms with Gasteiger partial charge >= 0.3 is 0 Å². The van der Waals surface area contributed by atoms with Gasteiger partial charge in [0.05, 0.1) is 13.2 Å². The predicted molar refractivity (Wildman–Crippen MR) is 75.1 cm³/mol. The summed E-state index contributed by atoms with van der Waals surface area (Å²) >= 11 is 0. The molecule has 0 unspecified atom stereocenters. The van der Waals surface area contributed by atoms with Crippen LogP contribution in [0.25, 0.3) is 0 Å². The highest BCUT2D eigenvalue weighted by Crippen LogP contribution is 2.39. The van der Waals surface area contributed by atoms with Gasteiger partial charge in [0.2, 0.25) is 0 Å². The van der Waals surface area contributed by atoms with E-state index in [1.165, 1.54) is 6.92 Å². The number of Topliss-reactive ketones (excluding diaryl/α,β-unsaturated/α-hetero) is 1. The maximum Gasteiger partial charge on any atom is 0.284 e. The molecule has 0 aliphatic carbocycles. The Hall–Kier alpha value is -1.59. The van der Waals surface area contributed by atoms with E-state index in [1.54, 1.807) is 13.8 Å². The second-order valence-electron chi connectivity index (χ2n) is 6.88. The Morgan fingerprint density at radius 2 is 1.75 bits per heavy atom. The molecule has 4 saturated heterocycles. The Kier molecular flexibility index (Phi) is 3.56. The normalized spacial score (nSPS) is 43.0. The molecule has 4 rings (SSSR count). The molecule has 0 aromatic carbocycles. The molecule has 0 aromatic rings. The van der Waals surface area contributed by atoms with Gasteiger partial charge in [-0.1, -0.05) is 0 Å². The van der Waals surface area contributed by atoms with Gasteiger partial charge in [0.25, 0.3) is 23.3 Å². The molecule has 24 heavy (non-hydrogen) atoms. The van der Waals surface area contributed by atoms with Gasteiger partial charge < -0.3 is 35.1 Å². The first-order valence-electron chi connectivity index (χ1n) is 7.52. The number of aliphatic hydroxyl groups is 2. The van der Waals surface area contributed by atoms with Crippen molar-refractivity contribution in [3.63, 3.8) is 0 Å². The number of ketones is 1. The molecule has 4 heterocycles. The summed E-state index contributed by atoms with van der Waals surface area (Å²) < 4.78 is 16.5. The van der Waals surface area contributed by atoms with Gasteiger partial charge in [-0.05, 0) is 20.8 Å². The largest absolute Gasteiger partial charge is 0.384 e. The van der Waals surface area contributed by atoms with E-state index in [0.29, 0.717) is 0 Å². The van der Waals surface area contributed by atoms with Gasteiger partial charge in [0.1, 0.15) is 11.7 Å². The number of carbonyl (C=O) groups is 3. The maximum absolute atomic E-state index is 12.5. The van der Waals surface area contributed by atoms with Crippen LogP contribution in [0.3, 0.4) is 0 Å². The number of piperazine rings is 1. The van der Waals surface area contributed by atoms with Crippen molar-refractivity contribution < 1.29 is 38.8 Å². The van der Waals surface area contributed by atoms with Gasteiger partial charge in [-0.25, -0.2) is 0 Å². The average molecular weight is 344 g/mol. The number of carbonyl (C=O) groups excluding carboxylic acids is 3. The fourth-order valence-electron chi connectivity index (χ4n) is 3.19. The van der Waals surface area contributed by atoms with E-state index in [1.807, 2.05) is 5.32 Å². The van der Waals surface area contributed by atoms with Crippen LogP contribution in [0.15, 0.2) is 0 Å². The third-order valence-corrected chi connectivity index (χ3v) is 4.47. The van der Waals surface area contributed by atoms with E-state index in [0.717, 1.165) is 0 Å². The minimum absolute atomic E-state index is 0.0569. The minimum atomic E-state index is -2.67. The van der Waals surface area contributed by atoms with Crippen LogP contribution in [0.1, 0.15) is 27.2 Å². The Bertz CT molecular complexity index is 622. The van der Waals surface area contributed by atoms with Gasteiger partial charge in [-0.3, -0.25) is 14.4 Å². The summed E-state index contributed by atoms with van der Waals surface area (Å²) in [6.07, 6.45) is -1.97. The molecule has 0 spiro atoms. The predicted octanol–water partition coefficient (Wildman–Crippen LogP) is -2.49. The summed E-state index contributed by atoms with van der Waals surface area (Å²) in [5, 5.41) is 25.1. The fourth-order valence-corrected chi connectivity index (χ4v) is 3.19. The van der Waals surface area contributed by atoms with Gasteiger partial charge in [0.15, 0.2) is 11.6 Å². The summed E-state index contributed by atoms with van der Waals surface area (Å²) in [5.74, 6) is -4.11. The van der Waals surface area contributed by atoms with Crippen molar-refractivity contribution in [3.8, 4) is 0 Å². The zero-order chi connectivity index (χ0) is 18.0. The Morgan fingerprint density at radius 1 is 1.08 bits per heavy atom. The van der Waals surface area contributed by atoms with Crippen molar-refractivity contribution in [2.45, 2.75) is 56.1 Å². The summed E-state index contributed by atoms with van der Waals surface area (Å²) in [6.45, 7) is 4.46. The fraction of sp³-hybridized carbons (Fsp3) is 0.786. The molecule has 4 fully saturated rings. The topological polar surface area (TPSA) is 143 Å². The van der Waals surface area contributed by atoms with Crippen molar-refractivity contribution >= 4 is 17.6 Å². The Labute approximate surface area is 137 Å². The number of rotatable bonds is 2. The molecule has 2 bridgehead atoms. The number of aliphatic hydroxyl groups excluding tert-OH is 1. The molecular weight excluding hydrogens is 324 g/mol. The Morgan fingerprint density at radius 3 is 2.33 bits per heavy atom. The van der Waals surface area contributed by atoms with Crippen LogP contribution in [0.5, 0.6) is 0 Å². The second kappa shape index (κ2) is 4.96. The van der Waals surface area contributed by atoms with E-state index >= 15 is 0 Å². The summed E-state index contributed by atoms with van der Waals surface area (Å²) in [7, 11) is 0. The lowest BCUT2D eigenvalue weighted by Gasteiger charge is -2.49. The van der Waals surface area contributed by atoms with Crippen LogP contribution < -0.4 is 10.6 Å². The smallest absolute Gasteiger partial charge is 0.284 e. The summed E-state index contributed by atoms with van der Waals surface area (Å²) in [5.41, 5.74) is -6.24. The van der Waals surface area contributed by atoms with Crippen molar-refractivity contribution in [1.82, 2.24) is 10.6 Å². The van der Waals surface area contributed by atoms with Crippen LogP contribution >= 0.6 is 0 Å². The lowest BCUT2D eigenvalue weighted by Crippen LogP contribution is -2.84. The molecule has 4 atom stereocenters. The van der Waals surface area contributed by atoms with E-state index in [-0.39, 0.29) is 19.6 Å². The highest BCUT2D eigenvalue weighted by atomic mass is 16.8. The average Bonchev–Trinajstić information content (AvgIpc) is 2.77. The van der Waals surface area contributed by atoms with Gasteiger partial charge in [-0.2, -0.15) is 0 Å². The minimum Gasteiger partial charge on any atom is -0.384 e. The first-order valence-corrected chi connectivity index (χ1v) is 7.52. The van der Waals surface area contributed by atoms with E-state index in [9.17, 15) is 24.6 Å². The lowest BCUT2D eigenvalue weighted by molar-refractivity contribution is -0.241. The standard InChI is InChI=1S/C14H20N2O8/c1-11(2)23-6-12(3,24-11)8(18)14-10(20)15-13(21,9(19)16-14)7(17)4-5-22-14/h8,18,21H,4-6H2,1-3H3,(H,15,20)(H,16,19)/t8-,12-,13+,14-/m0/s1. The molecule has 2 amide bonds. The highest BCUT2D eigenvalue weighted by molar-refractivity contribution is 6.15.